The molecule has 0 spiro atoms. The Hall–Kier alpha value is -2.56. The van der Waals surface area contributed by atoms with Crippen LogP contribution in [-0.2, 0) is 6.42 Å². The van der Waals surface area contributed by atoms with Crippen LogP contribution < -0.4 is 15.4 Å². The Bertz CT molecular complexity index is 692. The molecule has 0 atom stereocenters. The first kappa shape index (κ1) is 18.2. The Balaban J connectivity index is 1.45. The van der Waals surface area contributed by atoms with Crippen LogP contribution in [0.25, 0.3) is 0 Å². The summed E-state index contributed by atoms with van der Waals surface area (Å²) in [5, 5.41) is 6.41. The number of ether oxygens (including phenoxy) is 1. The number of amides is 1. The molecule has 1 aromatic carbocycles. The molecule has 3 rings (SSSR count). The average molecular weight is 353 g/mol. The molecule has 1 aromatic heterocycles. The van der Waals surface area contributed by atoms with E-state index in [1.807, 2.05) is 24.3 Å². The van der Waals surface area contributed by atoms with Gasteiger partial charge in [0.05, 0.1) is 12.7 Å². The monoisotopic (exact) mass is 353 g/mol. The van der Waals surface area contributed by atoms with Crippen LogP contribution in [0, 0.1) is 0 Å². The maximum absolute atomic E-state index is 12.3. The third kappa shape index (κ3) is 5.22. The molecule has 138 valence electrons. The summed E-state index contributed by atoms with van der Waals surface area (Å²) in [7, 11) is 1.67. The molecule has 5 heteroatoms. The molecular formula is C21H27N3O2. The number of rotatable bonds is 7. The second kappa shape index (κ2) is 9.22. The summed E-state index contributed by atoms with van der Waals surface area (Å²) in [6.07, 6.45) is 8.42. The first-order chi connectivity index (χ1) is 12.7. The van der Waals surface area contributed by atoms with Crippen molar-refractivity contribution < 1.29 is 9.53 Å². The zero-order valence-electron chi connectivity index (χ0n) is 15.3. The van der Waals surface area contributed by atoms with Crippen molar-refractivity contribution in [2.24, 2.45) is 0 Å². The zero-order valence-corrected chi connectivity index (χ0v) is 15.3. The fourth-order valence-corrected chi connectivity index (χ4v) is 3.28. The molecule has 5 nitrogen and oxygen atoms in total. The van der Waals surface area contributed by atoms with Crippen LogP contribution in [0.1, 0.15) is 48.0 Å². The number of carbonyl (C=O) groups excluding carboxylic acids is 1. The molecule has 1 aliphatic carbocycles. The smallest absolute Gasteiger partial charge is 0.253 e. The number of hydrogen-bond acceptors (Lipinski definition) is 4. The van der Waals surface area contributed by atoms with Gasteiger partial charge in [0.1, 0.15) is 11.6 Å². The summed E-state index contributed by atoms with van der Waals surface area (Å²) in [5.41, 5.74) is 1.86. The predicted molar refractivity (Wildman–Crippen MR) is 104 cm³/mol. The van der Waals surface area contributed by atoms with Crippen molar-refractivity contribution in [2.45, 2.75) is 44.6 Å². The van der Waals surface area contributed by atoms with Crippen molar-refractivity contribution >= 4 is 11.7 Å². The molecule has 1 fully saturated rings. The molecule has 0 bridgehead atoms. The van der Waals surface area contributed by atoms with E-state index < -0.39 is 0 Å². The second-order valence-corrected chi connectivity index (χ2v) is 6.77. The number of methoxy groups -OCH3 is 1. The molecule has 2 aromatic rings. The van der Waals surface area contributed by atoms with Crippen LogP contribution in [0.4, 0.5) is 5.82 Å². The van der Waals surface area contributed by atoms with Crippen LogP contribution in [0.2, 0.25) is 0 Å². The normalized spacial score (nSPS) is 14.7. The van der Waals surface area contributed by atoms with Gasteiger partial charge in [-0.25, -0.2) is 4.98 Å². The predicted octanol–water partition coefficient (Wildman–Crippen LogP) is 3.81. The number of carbonyl (C=O) groups is 1. The molecule has 0 saturated heterocycles. The van der Waals surface area contributed by atoms with E-state index in [1.165, 1.54) is 24.8 Å². The van der Waals surface area contributed by atoms with Gasteiger partial charge in [-0.1, -0.05) is 31.4 Å². The van der Waals surface area contributed by atoms with Crippen LogP contribution >= 0.6 is 0 Å². The average Bonchev–Trinajstić information content (AvgIpc) is 2.70. The SMILES string of the molecule is COc1ccc(CCNc2ccc(C(=O)NC3CCCCC3)cn2)cc1. The van der Waals surface area contributed by atoms with Crippen LogP contribution in [0.5, 0.6) is 5.75 Å². The van der Waals surface area contributed by atoms with Gasteiger partial charge in [0.2, 0.25) is 0 Å². The van der Waals surface area contributed by atoms with Crippen molar-refractivity contribution in [3.63, 3.8) is 0 Å². The largest absolute Gasteiger partial charge is 0.497 e. The summed E-state index contributed by atoms with van der Waals surface area (Å²) in [4.78, 5) is 16.7. The van der Waals surface area contributed by atoms with Crippen LogP contribution in [0.3, 0.4) is 0 Å². The van der Waals surface area contributed by atoms with E-state index in [0.29, 0.717) is 11.6 Å². The summed E-state index contributed by atoms with van der Waals surface area (Å²) in [6, 6.07) is 12.1. The minimum absolute atomic E-state index is 0.0193. The van der Waals surface area contributed by atoms with Crippen molar-refractivity contribution in [1.82, 2.24) is 10.3 Å². The first-order valence-corrected chi connectivity index (χ1v) is 9.38. The Morgan fingerprint density at radius 2 is 1.88 bits per heavy atom. The molecule has 1 heterocycles. The molecule has 2 N–H and O–H groups in total. The molecule has 1 saturated carbocycles. The van der Waals surface area contributed by atoms with E-state index in [-0.39, 0.29) is 5.91 Å². The lowest BCUT2D eigenvalue weighted by Gasteiger charge is -2.22. The van der Waals surface area contributed by atoms with Crippen molar-refractivity contribution in [2.75, 3.05) is 19.0 Å². The van der Waals surface area contributed by atoms with Gasteiger partial charge in [0.25, 0.3) is 5.91 Å². The Morgan fingerprint density at radius 1 is 1.12 bits per heavy atom. The third-order valence-electron chi connectivity index (χ3n) is 4.84. The maximum Gasteiger partial charge on any atom is 0.253 e. The second-order valence-electron chi connectivity index (χ2n) is 6.77. The maximum atomic E-state index is 12.3. The highest BCUT2D eigenvalue weighted by atomic mass is 16.5. The number of nitrogens with zero attached hydrogens (tertiary/aromatic N) is 1. The molecular weight excluding hydrogens is 326 g/mol. The van der Waals surface area contributed by atoms with Gasteiger partial charge in [0, 0.05) is 18.8 Å². The fourth-order valence-electron chi connectivity index (χ4n) is 3.28. The van der Waals surface area contributed by atoms with E-state index >= 15 is 0 Å². The van der Waals surface area contributed by atoms with Gasteiger partial charge in [0.15, 0.2) is 0 Å². The molecule has 26 heavy (non-hydrogen) atoms. The molecule has 0 aliphatic heterocycles. The summed E-state index contributed by atoms with van der Waals surface area (Å²) in [5.74, 6) is 1.63. The summed E-state index contributed by atoms with van der Waals surface area (Å²) < 4.78 is 5.16. The molecule has 1 aliphatic rings. The topological polar surface area (TPSA) is 63.2 Å². The highest BCUT2D eigenvalue weighted by Gasteiger charge is 2.16. The minimum atomic E-state index is -0.0193. The lowest BCUT2D eigenvalue weighted by Crippen LogP contribution is -2.36. The van der Waals surface area contributed by atoms with Crippen molar-refractivity contribution in [3.05, 3.63) is 53.7 Å². The van der Waals surface area contributed by atoms with Gasteiger partial charge >= 0.3 is 0 Å². The van der Waals surface area contributed by atoms with Gasteiger partial charge < -0.3 is 15.4 Å². The van der Waals surface area contributed by atoms with Gasteiger partial charge in [-0.3, -0.25) is 4.79 Å². The van der Waals surface area contributed by atoms with Gasteiger partial charge in [-0.2, -0.15) is 0 Å². The Morgan fingerprint density at radius 3 is 2.54 bits per heavy atom. The van der Waals surface area contributed by atoms with Crippen molar-refractivity contribution in [1.29, 1.82) is 0 Å². The van der Waals surface area contributed by atoms with E-state index in [2.05, 4.69) is 27.8 Å². The first-order valence-electron chi connectivity index (χ1n) is 9.38. The lowest BCUT2D eigenvalue weighted by atomic mass is 9.95. The zero-order chi connectivity index (χ0) is 18.2. The number of nitrogens with one attached hydrogen (secondary N) is 2. The van der Waals surface area contributed by atoms with Gasteiger partial charge in [-0.05, 0) is 49.1 Å². The van der Waals surface area contributed by atoms with E-state index in [9.17, 15) is 4.79 Å². The third-order valence-corrected chi connectivity index (χ3v) is 4.84. The molecule has 0 unspecified atom stereocenters. The summed E-state index contributed by atoms with van der Waals surface area (Å²) >= 11 is 0. The highest BCUT2D eigenvalue weighted by molar-refractivity contribution is 5.94. The summed E-state index contributed by atoms with van der Waals surface area (Å²) in [6.45, 7) is 0.785. The quantitative estimate of drug-likeness (QED) is 0.794. The van der Waals surface area contributed by atoms with E-state index in [0.717, 1.165) is 37.4 Å². The standard InChI is InChI=1S/C21H27N3O2/c1-26-19-10-7-16(8-11-19)13-14-22-20-12-9-17(15-23-20)21(25)24-18-5-3-2-4-6-18/h7-12,15,18H,2-6,13-14H2,1H3,(H,22,23)(H,24,25). The number of aromatic nitrogens is 1. The molecule has 0 radical (unpaired) electrons. The Labute approximate surface area is 155 Å². The lowest BCUT2D eigenvalue weighted by molar-refractivity contribution is 0.0927. The number of benzene rings is 1. The van der Waals surface area contributed by atoms with E-state index in [1.54, 1.807) is 13.3 Å². The minimum Gasteiger partial charge on any atom is -0.497 e. The van der Waals surface area contributed by atoms with Crippen LogP contribution in [-0.4, -0.2) is 30.6 Å². The number of pyridine rings is 1. The fraction of sp³-hybridized carbons (Fsp3) is 0.429. The Kier molecular flexibility index (Phi) is 6.47. The molecule has 1 amide bonds. The number of hydrogen-bond donors (Lipinski definition) is 2. The number of anilines is 1. The highest BCUT2D eigenvalue weighted by Crippen LogP contribution is 2.18. The van der Waals surface area contributed by atoms with E-state index in [4.69, 9.17) is 4.74 Å². The van der Waals surface area contributed by atoms with Crippen molar-refractivity contribution in [3.8, 4) is 5.75 Å². The van der Waals surface area contributed by atoms with Gasteiger partial charge in [-0.15, -0.1) is 0 Å². The van der Waals surface area contributed by atoms with Crippen LogP contribution in [0.15, 0.2) is 42.6 Å².